The first kappa shape index (κ1) is 12.5. The molecule has 0 atom stereocenters. The molecule has 1 spiro atoms. The van der Waals surface area contributed by atoms with Crippen LogP contribution in [0.5, 0.6) is 0 Å². The fraction of sp³-hybridized carbons (Fsp3) is 0.600. The molecule has 3 rings (SSSR count). The van der Waals surface area contributed by atoms with E-state index in [9.17, 15) is 0 Å². The summed E-state index contributed by atoms with van der Waals surface area (Å²) in [4.78, 5) is 3.00. The van der Waals surface area contributed by atoms with Gasteiger partial charge >= 0.3 is 0 Å². The van der Waals surface area contributed by atoms with Crippen LogP contribution >= 0.6 is 11.8 Å². The van der Waals surface area contributed by atoms with Gasteiger partial charge in [-0.25, -0.2) is 0 Å². The molecule has 2 fully saturated rings. The van der Waals surface area contributed by atoms with Crippen LogP contribution in [-0.4, -0.2) is 35.2 Å². The van der Waals surface area contributed by atoms with Crippen molar-refractivity contribution in [2.24, 2.45) is 0 Å². The number of piperidine rings is 1. The van der Waals surface area contributed by atoms with Gasteiger partial charge in [-0.15, -0.1) is 11.8 Å². The minimum Gasteiger partial charge on any atom is -0.303 e. The molecule has 2 aliphatic heterocycles. The summed E-state index contributed by atoms with van der Waals surface area (Å²) in [6, 6.07) is 10.8. The SMILES string of the molecule is c1ccc(CN2CCC3(CC2)NCCCS3)cc1. The van der Waals surface area contributed by atoms with Gasteiger partial charge in [-0.3, -0.25) is 4.90 Å². The van der Waals surface area contributed by atoms with Crippen LogP contribution in [0, 0.1) is 0 Å². The highest BCUT2D eigenvalue weighted by Crippen LogP contribution is 2.36. The molecule has 0 radical (unpaired) electrons. The first-order valence-corrected chi connectivity index (χ1v) is 8.00. The van der Waals surface area contributed by atoms with Gasteiger partial charge in [0, 0.05) is 19.6 Å². The lowest BCUT2D eigenvalue weighted by molar-refractivity contribution is 0.175. The van der Waals surface area contributed by atoms with Crippen molar-refractivity contribution >= 4 is 11.8 Å². The highest BCUT2D eigenvalue weighted by atomic mass is 32.2. The van der Waals surface area contributed by atoms with Crippen LogP contribution in [0.2, 0.25) is 0 Å². The molecule has 2 aliphatic rings. The largest absolute Gasteiger partial charge is 0.303 e. The summed E-state index contributed by atoms with van der Waals surface area (Å²) in [6.45, 7) is 4.79. The van der Waals surface area contributed by atoms with Crippen molar-refractivity contribution in [3.05, 3.63) is 35.9 Å². The third kappa shape index (κ3) is 2.90. The molecule has 2 nitrogen and oxygen atoms in total. The topological polar surface area (TPSA) is 15.3 Å². The fourth-order valence-corrected chi connectivity index (χ4v) is 4.30. The van der Waals surface area contributed by atoms with Crippen LogP contribution in [0.15, 0.2) is 30.3 Å². The molecule has 0 amide bonds. The molecule has 0 unspecified atom stereocenters. The van der Waals surface area contributed by atoms with E-state index < -0.39 is 0 Å². The van der Waals surface area contributed by atoms with Gasteiger partial charge in [-0.1, -0.05) is 30.3 Å². The molecule has 2 saturated heterocycles. The number of hydrogen-bond donors (Lipinski definition) is 1. The van der Waals surface area contributed by atoms with E-state index in [-0.39, 0.29) is 0 Å². The molecule has 0 bridgehead atoms. The maximum Gasteiger partial charge on any atom is 0.0669 e. The van der Waals surface area contributed by atoms with E-state index in [1.165, 1.54) is 50.2 Å². The summed E-state index contributed by atoms with van der Waals surface area (Å²) in [5.74, 6) is 1.34. The molecule has 1 aromatic rings. The smallest absolute Gasteiger partial charge is 0.0669 e. The average Bonchev–Trinajstić information content (AvgIpc) is 2.44. The predicted octanol–water partition coefficient (Wildman–Crippen LogP) is 2.71. The monoisotopic (exact) mass is 262 g/mol. The van der Waals surface area contributed by atoms with E-state index in [0.717, 1.165) is 6.54 Å². The summed E-state index contributed by atoms with van der Waals surface area (Å²) < 4.78 is 0. The maximum atomic E-state index is 3.76. The van der Waals surface area contributed by atoms with Crippen molar-refractivity contribution in [1.82, 2.24) is 10.2 Å². The molecule has 18 heavy (non-hydrogen) atoms. The lowest BCUT2D eigenvalue weighted by atomic mass is 10.0. The molecule has 2 heterocycles. The Hall–Kier alpha value is -0.510. The van der Waals surface area contributed by atoms with E-state index in [2.05, 4.69) is 52.3 Å². The normalized spacial score (nSPS) is 24.2. The first-order valence-electron chi connectivity index (χ1n) is 7.02. The summed E-state index contributed by atoms with van der Waals surface area (Å²) >= 11 is 2.16. The van der Waals surface area contributed by atoms with Crippen molar-refractivity contribution in [3.63, 3.8) is 0 Å². The molecular formula is C15H22N2S. The molecule has 98 valence electrons. The number of benzene rings is 1. The maximum absolute atomic E-state index is 3.76. The zero-order valence-electron chi connectivity index (χ0n) is 10.9. The first-order chi connectivity index (χ1) is 8.86. The number of hydrogen-bond acceptors (Lipinski definition) is 3. The third-order valence-corrected chi connectivity index (χ3v) is 5.66. The van der Waals surface area contributed by atoms with Crippen molar-refractivity contribution in [2.75, 3.05) is 25.4 Å². The van der Waals surface area contributed by atoms with Gasteiger partial charge in [0.15, 0.2) is 0 Å². The zero-order chi connectivity index (χ0) is 12.3. The molecule has 0 aromatic heterocycles. The van der Waals surface area contributed by atoms with Crippen molar-refractivity contribution in [2.45, 2.75) is 30.7 Å². The van der Waals surface area contributed by atoms with E-state index >= 15 is 0 Å². The van der Waals surface area contributed by atoms with Crippen LogP contribution in [0.4, 0.5) is 0 Å². The van der Waals surface area contributed by atoms with Crippen LogP contribution in [0.1, 0.15) is 24.8 Å². The minimum absolute atomic E-state index is 0.408. The van der Waals surface area contributed by atoms with Crippen molar-refractivity contribution < 1.29 is 0 Å². The van der Waals surface area contributed by atoms with E-state index in [4.69, 9.17) is 0 Å². The summed E-state index contributed by atoms with van der Waals surface area (Å²) in [7, 11) is 0. The summed E-state index contributed by atoms with van der Waals surface area (Å²) in [5.41, 5.74) is 1.44. The van der Waals surface area contributed by atoms with Gasteiger partial charge in [0.2, 0.25) is 0 Å². The lowest BCUT2D eigenvalue weighted by Crippen LogP contribution is -2.53. The lowest BCUT2D eigenvalue weighted by Gasteiger charge is -2.44. The average molecular weight is 262 g/mol. The van der Waals surface area contributed by atoms with Gasteiger partial charge in [0.25, 0.3) is 0 Å². The Morgan fingerprint density at radius 3 is 2.61 bits per heavy atom. The van der Waals surface area contributed by atoms with Gasteiger partial charge in [-0.05, 0) is 37.1 Å². The van der Waals surface area contributed by atoms with Gasteiger partial charge in [0.1, 0.15) is 0 Å². The Bertz CT molecular complexity index is 363. The van der Waals surface area contributed by atoms with E-state index in [0.29, 0.717) is 4.87 Å². The number of likely N-dealkylation sites (tertiary alicyclic amines) is 1. The highest BCUT2D eigenvalue weighted by molar-refractivity contribution is 8.00. The van der Waals surface area contributed by atoms with Crippen molar-refractivity contribution in [3.8, 4) is 0 Å². The Morgan fingerprint density at radius 2 is 1.94 bits per heavy atom. The standard InChI is InChI=1S/C15H22N2S/c1-2-5-14(6-3-1)13-17-10-7-15(8-11-17)16-9-4-12-18-15/h1-3,5-6,16H,4,7-13H2. The molecule has 3 heteroatoms. The quantitative estimate of drug-likeness (QED) is 0.882. The second-order valence-corrected chi connectivity index (χ2v) is 6.86. The molecule has 1 N–H and O–H groups in total. The van der Waals surface area contributed by atoms with Crippen LogP contribution in [-0.2, 0) is 6.54 Å². The van der Waals surface area contributed by atoms with Crippen molar-refractivity contribution in [1.29, 1.82) is 0 Å². The second kappa shape index (κ2) is 5.64. The fourth-order valence-electron chi connectivity index (χ4n) is 2.94. The van der Waals surface area contributed by atoms with Gasteiger partial charge < -0.3 is 5.32 Å². The molecule has 0 aliphatic carbocycles. The Morgan fingerprint density at radius 1 is 1.17 bits per heavy atom. The number of thioether (sulfide) groups is 1. The molecule has 1 aromatic carbocycles. The number of nitrogens with one attached hydrogen (secondary N) is 1. The molecule has 0 saturated carbocycles. The number of nitrogens with zero attached hydrogens (tertiary/aromatic N) is 1. The Labute approximate surface area is 114 Å². The van der Waals surface area contributed by atoms with Crippen LogP contribution in [0.25, 0.3) is 0 Å². The van der Waals surface area contributed by atoms with Gasteiger partial charge in [0.05, 0.1) is 4.87 Å². The minimum atomic E-state index is 0.408. The Kier molecular flexibility index (Phi) is 3.92. The van der Waals surface area contributed by atoms with Gasteiger partial charge in [-0.2, -0.15) is 0 Å². The Balaban J connectivity index is 1.54. The van der Waals surface area contributed by atoms with E-state index in [1.54, 1.807) is 0 Å². The third-order valence-electron chi connectivity index (χ3n) is 4.06. The molecular weight excluding hydrogens is 240 g/mol. The number of rotatable bonds is 2. The second-order valence-electron chi connectivity index (χ2n) is 5.38. The summed E-state index contributed by atoms with van der Waals surface area (Å²) in [6.07, 6.45) is 3.93. The predicted molar refractivity (Wildman–Crippen MR) is 78.8 cm³/mol. The summed E-state index contributed by atoms with van der Waals surface area (Å²) in [5, 5.41) is 3.76. The van der Waals surface area contributed by atoms with Crippen LogP contribution < -0.4 is 5.32 Å². The van der Waals surface area contributed by atoms with E-state index in [1.807, 2.05) is 0 Å². The highest BCUT2D eigenvalue weighted by Gasteiger charge is 2.35. The zero-order valence-corrected chi connectivity index (χ0v) is 11.7. The van der Waals surface area contributed by atoms with Crippen LogP contribution in [0.3, 0.4) is 0 Å².